The average molecular weight is 891 g/mol. The summed E-state index contributed by atoms with van der Waals surface area (Å²) in [6, 6.07) is 0. The molecule has 0 N–H and O–H groups in total. The van der Waals surface area contributed by atoms with Gasteiger partial charge in [-0.3, -0.25) is 14.4 Å². The molecule has 0 fully saturated rings. The van der Waals surface area contributed by atoms with Crippen molar-refractivity contribution in [2.75, 3.05) is 13.2 Å². The number of unbranched alkanes of at least 4 members (excludes halogenated alkanes) is 8. The lowest BCUT2D eigenvalue weighted by atomic mass is 10.1. The molecule has 0 saturated carbocycles. The molecule has 0 aliphatic rings. The summed E-state index contributed by atoms with van der Waals surface area (Å²) in [5.41, 5.74) is 0. The number of allylic oxidation sites excluding steroid dienone is 28. The van der Waals surface area contributed by atoms with Crippen molar-refractivity contribution in [3.05, 3.63) is 170 Å². The van der Waals surface area contributed by atoms with Gasteiger partial charge in [-0.15, -0.1) is 0 Å². The van der Waals surface area contributed by atoms with Crippen LogP contribution in [0, 0.1) is 0 Å². The van der Waals surface area contributed by atoms with Crippen LogP contribution in [0.4, 0.5) is 0 Å². The summed E-state index contributed by atoms with van der Waals surface area (Å²) < 4.78 is 16.6. The van der Waals surface area contributed by atoms with E-state index in [1.54, 1.807) is 0 Å². The van der Waals surface area contributed by atoms with Gasteiger partial charge < -0.3 is 14.2 Å². The third-order valence-corrected chi connectivity index (χ3v) is 9.38. The fraction of sp³-hybridized carbons (Fsp3) is 0.475. The van der Waals surface area contributed by atoms with E-state index in [-0.39, 0.29) is 44.4 Å². The van der Waals surface area contributed by atoms with Gasteiger partial charge in [-0.2, -0.15) is 0 Å². The molecule has 1 atom stereocenters. The van der Waals surface area contributed by atoms with E-state index in [2.05, 4.69) is 118 Å². The summed E-state index contributed by atoms with van der Waals surface area (Å²) in [6.07, 6.45) is 76.3. The number of rotatable bonds is 41. The normalized spacial score (nSPS) is 13.6. The Kier molecular flexibility index (Phi) is 47.3. The quantitative estimate of drug-likeness (QED) is 0.0200. The highest BCUT2D eigenvalue weighted by molar-refractivity contribution is 5.71. The van der Waals surface area contributed by atoms with Crippen LogP contribution in [0.1, 0.15) is 162 Å². The van der Waals surface area contributed by atoms with Gasteiger partial charge in [-0.25, -0.2) is 0 Å². The van der Waals surface area contributed by atoms with Crippen molar-refractivity contribution < 1.29 is 28.6 Å². The first-order valence-electron chi connectivity index (χ1n) is 24.7. The molecular formula is C59H86O6. The lowest BCUT2D eigenvalue weighted by molar-refractivity contribution is -0.167. The SMILES string of the molecule is CC\C=C/C=C\C=C/C=C\C=C\C=C/C=C\CCCCCC(=O)OCC(COC(=O)CCC/C=C\C/C=C\C/C=C\CC)OC(=O)CCC/C=C\C/C=C\C/C=C\C/C=C\CCCCC. The molecule has 0 aliphatic heterocycles. The third-order valence-electron chi connectivity index (χ3n) is 9.38. The molecule has 0 aromatic heterocycles. The monoisotopic (exact) mass is 891 g/mol. The Morgan fingerprint density at radius 3 is 1.15 bits per heavy atom. The highest BCUT2D eigenvalue weighted by Crippen LogP contribution is 2.09. The van der Waals surface area contributed by atoms with Crippen LogP contribution in [0.5, 0.6) is 0 Å². The second kappa shape index (κ2) is 51.4. The van der Waals surface area contributed by atoms with Crippen molar-refractivity contribution in [1.82, 2.24) is 0 Å². The minimum Gasteiger partial charge on any atom is -0.462 e. The van der Waals surface area contributed by atoms with Gasteiger partial charge in [-0.1, -0.05) is 210 Å². The zero-order chi connectivity index (χ0) is 47.2. The van der Waals surface area contributed by atoms with Gasteiger partial charge in [-0.05, 0) is 103 Å². The van der Waals surface area contributed by atoms with E-state index in [0.717, 1.165) is 77.0 Å². The van der Waals surface area contributed by atoms with Gasteiger partial charge in [0, 0.05) is 19.3 Å². The molecule has 0 aromatic carbocycles. The first-order valence-corrected chi connectivity index (χ1v) is 24.7. The number of esters is 3. The summed E-state index contributed by atoms with van der Waals surface area (Å²) in [6.45, 7) is 6.17. The first kappa shape index (κ1) is 59.8. The van der Waals surface area contributed by atoms with E-state index in [9.17, 15) is 14.4 Å². The van der Waals surface area contributed by atoms with Crippen molar-refractivity contribution in [3.63, 3.8) is 0 Å². The van der Waals surface area contributed by atoms with E-state index in [4.69, 9.17) is 14.2 Å². The van der Waals surface area contributed by atoms with Crippen LogP contribution in [0.2, 0.25) is 0 Å². The van der Waals surface area contributed by atoms with E-state index in [1.165, 1.54) is 25.7 Å². The number of carbonyl (C=O) groups excluding carboxylic acids is 3. The number of hydrogen-bond acceptors (Lipinski definition) is 6. The van der Waals surface area contributed by atoms with Gasteiger partial charge in [0.1, 0.15) is 13.2 Å². The van der Waals surface area contributed by atoms with E-state index in [1.807, 2.05) is 72.9 Å². The maximum absolute atomic E-state index is 12.8. The summed E-state index contributed by atoms with van der Waals surface area (Å²) in [7, 11) is 0. The third kappa shape index (κ3) is 49.6. The van der Waals surface area contributed by atoms with Crippen LogP contribution in [0.15, 0.2) is 170 Å². The van der Waals surface area contributed by atoms with Gasteiger partial charge >= 0.3 is 17.9 Å². The van der Waals surface area contributed by atoms with Crippen LogP contribution in [-0.4, -0.2) is 37.2 Å². The largest absolute Gasteiger partial charge is 0.462 e. The Morgan fingerprint density at radius 1 is 0.338 bits per heavy atom. The van der Waals surface area contributed by atoms with Gasteiger partial charge in [0.05, 0.1) is 0 Å². The fourth-order valence-electron chi connectivity index (χ4n) is 5.73. The zero-order valence-electron chi connectivity index (χ0n) is 40.7. The summed E-state index contributed by atoms with van der Waals surface area (Å²) in [5.74, 6) is -1.12. The van der Waals surface area contributed by atoms with Crippen molar-refractivity contribution >= 4 is 17.9 Å². The highest BCUT2D eigenvalue weighted by Gasteiger charge is 2.19. The first-order chi connectivity index (χ1) is 32.0. The molecule has 0 bridgehead atoms. The second-order valence-electron chi connectivity index (χ2n) is 15.4. The predicted octanol–water partition coefficient (Wildman–Crippen LogP) is 16.4. The predicted molar refractivity (Wildman–Crippen MR) is 278 cm³/mol. The van der Waals surface area contributed by atoms with Crippen LogP contribution in [0.25, 0.3) is 0 Å². The topological polar surface area (TPSA) is 78.9 Å². The van der Waals surface area contributed by atoms with Crippen LogP contribution in [-0.2, 0) is 28.6 Å². The Bertz CT molecular complexity index is 1590. The van der Waals surface area contributed by atoms with E-state index in [0.29, 0.717) is 19.3 Å². The summed E-state index contributed by atoms with van der Waals surface area (Å²) in [5, 5.41) is 0. The molecule has 0 heterocycles. The molecule has 0 aliphatic carbocycles. The molecule has 6 nitrogen and oxygen atoms in total. The Labute approximate surface area is 396 Å². The van der Waals surface area contributed by atoms with Crippen LogP contribution >= 0.6 is 0 Å². The van der Waals surface area contributed by atoms with Gasteiger partial charge in [0.2, 0.25) is 0 Å². The minimum atomic E-state index is -0.855. The molecule has 1 unspecified atom stereocenters. The molecule has 65 heavy (non-hydrogen) atoms. The fourth-order valence-corrected chi connectivity index (χ4v) is 5.73. The lowest BCUT2D eigenvalue weighted by Gasteiger charge is -2.18. The van der Waals surface area contributed by atoms with Crippen molar-refractivity contribution in [2.45, 2.75) is 168 Å². The standard InChI is InChI=1S/C59H86O6/c1-4-7-10-13-16-19-22-24-26-28-29-31-32-34-37-40-43-46-49-52-58(61)64-55-56(54-63-57(60)51-48-45-42-39-36-21-18-15-12-9-6-3)65-59(62)53-50-47-44-41-38-35-33-30-27-25-23-20-17-14-11-8-5-2/h7,9-10,12-13,16-22,24-29,31-35,37,39,41-42,44,56H,4-6,8,11,14-15,23,30,36,38,40,43,45-55H2,1-3H3/b10-7-,12-9-,16-13-,20-17-,21-18-,22-19-,26-24-,27-25-,29-28+,32-31-,35-33-,37-34-,42-39-,44-41-. The maximum atomic E-state index is 12.8. The van der Waals surface area contributed by atoms with Gasteiger partial charge in [0.15, 0.2) is 6.10 Å². The smallest absolute Gasteiger partial charge is 0.306 e. The highest BCUT2D eigenvalue weighted by atomic mass is 16.6. The Hall–Kier alpha value is -5.23. The molecule has 0 aromatic rings. The van der Waals surface area contributed by atoms with Crippen LogP contribution < -0.4 is 0 Å². The molecule has 0 spiro atoms. The zero-order valence-corrected chi connectivity index (χ0v) is 40.7. The second-order valence-corrected chi connectivity index (χ2v) is 15.4. The number of hydrogen-bond donors (Lipinski definition) is 0. The molecule has 0 radical (unpaired) electrons. The Balaban J connectivity index is 4.66. The molecule has 0 amide bonds. The van der Waals surface area contributed by atoms with E-state index >= 15 is 0 Å². The van der Waals surface area contributed by atoms with Crippen molar-refractivity contribution in [3.8, 4) is 0 Å². The van der Waals surface area contributed by atoms with Crippen molar-refractivity contribution in [1.29, 1.82) is 0 Å². The summed E-state index contributed by atoms with van der Waals surface area (Å²) in [4.78, 5) is 37.9. The van der Waals surface area contributed by atoms with Gasteiger partial charge in [0.25, 0.3) is 0 Å². The molecule has 0 saturated heterocycles. The molecule has 0 rings (SSSR count). The molecular weight excluding hydrogens is 805 g/mol. The molecule has 6 heteroatoms. The number of ether oxygens (including phenoxy) is 3. The van der Waals surface area contributed by atoms with E-state index < -0.39 is 12.1 Å². The average Bonchev–Trinajstić information content (AvgIpc) is 3.30. The number of carbonyl (C=O) groups is 3. The lowest BCUT2D eigenvalue weighted by Crippen LogP contribution is -2.30. The summed E-state index contributed by atoms with van der Waals surface area (Å²) >= 11 is 0. The Morgan fingerprint density at radius 2 is 0.692 bits per heavy atom. The van der Waals surface area contributed by atoms with Crippen molar-refractivity contribution in [2.24, 2.45) is 0 Å². The van der Waals surface area contributed by atoms with Crippen LogP contribution in [0.3, 0.4) is 0 Å². The molecule has 358 valence electrons. The minimum absolute atomic E-state index is 0.149. The maximum Gasteiger partial charge on any atom is 0.306 e.